The largest absolute Gasteiger partial charge is 0.477 e. The maximum absolute atomic E-state index is 10.5. The second-order valence-corrected chi connectivity index (χ2v) is 3.71. The summed E-state index contributed by atoms with van der Waals surface area (Å²) in [5.41, 5.74) is 0.864. The molecule has 0 fully saturated rings. The van der Waals surface area contributed by atoms with E-state index in [9.17, 15) is 4.79 Å². The number of carbonyl (C=O) groups is 1. The van der Waals surface area contributed by atoms with E-state index in [2.05, 4.69) is 25.9 Å². The second kappa shape index (κ2) is 4.32. The minimum absolute atomic E-state index is 0.0305. The van der Waals surface area contributed by atoms with E-state index in [1.807, 2.05) is 13.0 Å². The van der Waals surface area contributed by atoms with E-state index in [4.69, 9.17) is 5.11 Å². The van der Waals surface area contributed by atoms with Crippen molar-refractivity contribution in [3.8, 4) is 0 Å². The fraction of sp³-hybridized carbons (Fsp3) is 0.222. The van der Waals surface area contributed by atoms with Crippen LogP contribution in [-0.4, -0.2) is 21.8 Å². The molecule has 1 rings (SSSR count). The van der Waals surface area contributed by atoms with Crippen LogP contribution in [0.15, 0.2) is 21.7 Å². The summed E-state index contributed by atoms with van der Waals surface area (Å²) in [6, 6.07) is 1.83. The summed E-state index contributed by atoms with van der Waals surface area (Å²) in [4.78, 5) is 18.4. The van der Waals surface area contributed by atoms with Gasteiger partial charge in [0.05, 0.1) is 0 Å². The van der Waals surface area contributed by atoms with Gasteiger partial charge in [-0.15, -0.1) is 0 Å². The lowest BCUT2D eigenvalue weighted by atomic mass is 10.3. The van der Waals surface area contributed by atoms with Crippen molar-refractivity contribution in [1.29, 1.82) is 0 Å². The highest BCUT2D eigenvalue weighted by Gasteiger charge is 2.04. The van der Waals surface area contributed by atoms with Crippen molar-refractivity contribution >= 4 is 33.4 Å². The maximum atomic E-state index is 10.5. The van der Waals surface area contributed by atoms with Gasteiger partial charge in [0.15, 0.2) is 5.82 Å². The predicted molar refractivity (Wildman–Crippen MR) is 57.1 cm³/mol. The molecular weight excluding hydrogens is 248 g/mol. The Bertz CT molecular complexity index is 402. The smallest absolute Gasteiger partial charge is 0.350 e. The average Bonchev–Trinajstić information content (AvgIpc) is 2.09. The molecule has 14 heavy (non-hydrogen) atoms. The third-order valence-corrected chi connectivity index (χ3v) is 2.03. The van der Waals surface area contributed by atoms with Gasteiger partial charge in [-0.05, 0) is 41.4 Å². The molecule has 5 heteroatoms. The molecule has 1 N–H and O–H groups in total. The molecule has 0 atom stereocenters. The highest BCUT2D eigenvalue weighted by atomic mass is 79.9. The molecule has 0 bridgehead atoms. The minimum Gasteiger partial charge on any atom is -0.477 e. The Labute approximate surface area is 89.8 Å². The Hall–Kier alpha value is -1.23. The molecule has 1 aromatic rings. The highest BCUT2D eigenvalue weighted by Crippen LogP contribution is 2.19. The number of aliphatic imine (C=N–C) groups is 1. The van der Waals surface area contributed by atoms with Gasteiger partial charge < -0.3 is 5.11 Å². The van der Waals surface area contributed by atoms with Gasteiger partial charge in [0.1, 0.15) is 5.71 Å². The van der Waals surface area contributed by atoms with E-state index in [0.717, 1.165) is 10.0 Å². The van der Waals surface area contributed by atoms with Crippen molar-refractivity contribution in [3.05, 3.63) is 22.3 Å². The molecule has 0 aliphatic heterocycles. The van der Waals surface area contributed by atoms with Crippen molar-refractivity contribution < 1.29 is 9.90 Å². The SMILES string of the molecule is CC(=Nc1ncc(Br)cc1C)C(=O)O. The number of pyridine rings is 1. The molecule has 0 aromatic carbocycles. The summed E-state index contributed by atoms with van der Waals surface area (Å²) >= 11 is 3.26. The molecule has 4 nitrogen and oxygen atoms in total. The highest BCUT2D eigenvalue weighted by molar-refractivity contribution is 9.10. The van der Waals surface area contributed by atoms with E-state index in [1.54, 1.807) is 6.20 Å². The Morgan fingerprint density at radius 1 is 1.64 bits per heavy atom. The molecule has 1 aromatic heterocycles. The zero-order chi connectivity index (χ0) is 10.7. The lowest BCUT2D eigenvalue weighted by Gasteiger charge is -1.99. The van der Waals surface area contributed by atoms with Crippen LogP contribution in [0.4, 0.5) is 5.82 Å². The third kappa shape index (κ3) is 2.63. The third-order valence-electron chi connectivity index (χ3n) is 1.60. The average molecular weight is 257 g/mol. The zero-order valence-corrected chi connectivity index (χ0v) is 9.37. The number of halogens is 1. The molecule has 0 saturated carbocycles. The normalized spacial score (nSPS) is 11.5. The number of aryl methyl sites for hydroxylation is 1. The van der Waals surface area contributed by atoms with Crippen LogP contribution in [0.25, 0.3) is 0 Å². The van der Waals surface area contributed by atoms with E-state index < -0.39 is 5.97 Å². The summed E-state index contributed by atoms with van der Waals surface area (Å²) in [6.45, 7) is 3.26. The van der Waals surface area contributed by atoms with Gasteiger partial charge in [0.25, 0.3) is 0 Å². The van der Waals surface area contributed by atoms with Gasteiger partial charge in [-0.2, -0.15) is 0 Å². The number of hydrogen-bond donors (Lipinski definition) is 1. The zero-order valence-electron chi connectivity index (χ0n) is 7.78. The topological polar surface area (TPSA) is 62.5 Å². The summed E-state index contributed by atoms with van der Waals surface area (Å²) in [7, 11) is 0. The quantitative estimate of drug-likeness (QED) is 0.827. The molecule has 0 spiro atoms. The van der Waals surface area contributed by atoms with Crippen LogP contribution in [0.1, 0.15) is 12.5 Å². The van der Waals surface area contributed by atoms with Crippen LogP contribution in [0, 0.1) is 6.92 Å². The van der Waals surface area contributed by atoms with Crippen LogP contribution in [-0.2, 0) is 4.79 Å². The summed E-state index contributed by atoms with van der Waals surface area (Å²) in [5, 5.41) is 8.62. The Morgan fingerprint density at radius 3 is 2.79 bits per heavy atom. The van der Waals surface area contributed by atoms with Crippen LogP contribution in [0.3, 0.4) is 0 Å². The number of carboxylic acid groups (broad SMARTS) is 1. The van der Waals surface area contributed by atoms with Gasteiger partial charge in [0, 0.05) is 10.7 Å². The number of aromatic nitrogens is 1. The molecule has 0 amide bonds. The van der Waals surface area contributed by atoms with Crippen LogP contribution < -0.4 is 0 Å². The van der Waals surface area contributed by atoms with Crippen molar-refractivity contribution in [2.75, 3.05) is 0 Å². The van der Waals surface area contributed by atoms with Crippen molar-refractivity contribution in [1.82, 2.24) is 4.98 Å². The maximum Gasteiger partial charge on any atom is 0.350 e. The lowest BCUT2D eigenvalue weighted by molar-refractivity contribution is -0.129. The summed E-state index contributed by atoms with van der Waals surface area (Å²) in [5.74, 6) is -0.595. The number of hydrogen-bond acceptors (Lipinski definition) is 3. The van der Waals surface area contributed by atoms with Gasteiger partial charge in [-0.1, -0.05) is 0 Å². The molecule has 0 aliphatic carbocycles. The van der Waals surface area contributed by atoms with Crippen molar-refractivity contribution in [2.45, 2.75) is 13.8 Å². The summed E-state index contributed by atoms with van der Waals surface area (Å²) < 4.78 is 0.849. The standard InChI is InChI=1S/C9H9BrN2O2/c1-5-3-7(10)4-11-8(5)12-6(2)9(13)14/h3-4H,1-2H3,(H,13,14). The van der Waals surface area contributed by atoms with Gasteiger partial charge >= 0.3 is 5.97 Å². The molecule has 0 aliphatic rings. The Kier molecular flexibility index (Phi) is 3.35. The van der Waals surface area contributed by atoms with Gasteiger partial charge in [0.2, 0.25) is 0 Å². The predicted octanol–water partition coefficient (Wildman–Crippen LogP) is 2.33. The Morgan fingerprint density at radius 2 is 2.29 bits per heavy atom. The fourth-order valence-corrected chi connectivity index (χ4v) is 1.30. The van der Waals surface area contributed by atoms with E-state index in [0.29, 0.717) is 5.82 Å². The number of aliphatic carboxylic acids is 1. The lowest BCUT2D eigenvalue weighted by Crippen LogP contribution is -2.07. The number of nitrogens with zero attached hydrogens (tertiary/aromatic N) is 2. The van der Waals surface area contributed by atoms with Crippen LogP contribution in [0.2, 0.25) is 0 Å². The van der Waals surface area contributed by atoms with E-state index >= 15 is 0 Å². The molecule has 0 radical (unpaired) electrons. The first-order valence-corrected chi connectivity index (χ1v) is 4.70. The second-order valence-electron chi connectivity index (χ2n) is 2.80. The van der Waals surface area contributed by atoms with Gasteiger partial charge in [-0.3, -0.25) is 0 Å². The van der Waals surface area contributed by atoms with Crippen LogP contribution in [0.5, 0.6) is 0 Å². The molecule has 74 valence electrons. The van der Waals surface area contributed by atoms with E-state index in [-0.39, 0.29) is 5.71 Å². The molecular formula is C9H9BrN2O2. The first-order valence-electron chi connectivity index (χ1n) is 3.91. The fourth-order valence-electron chi connectivity index (χ4n) is 0.857. The Balaban J connectivity index is 3.09. The number of carboxylic acids is 1. The van der Waals surface area contributed by atoms with Crippen LogP contribution >= 0.6 is 15.9 Å². The summed E-state index contributed by atoms with van der Waals surface area (Å²) in [6.07, 6.45) is 1.58. The number of rotatable bonds is 2. The van der Waals surface area contributed by atoms with Crippen molar-refractivity contribution in [2.24, 2.45) is 4.99 Å². The molecule has 0 unspecified atom stereocenters. The monoisotopic (exact) mass is 256 g/mol. The minimum atomic E-state index is -1.03. The first kappa shape index (κ1) is 10.8. The van der Waals surface area contributed by atoms with Gasteiger partial charge in [-0.25, -0.2) is 14.8 Å². The molecule has 0 saturated heterocycles. The van der Waals surface area contributed by atoms with Crippen molar-refractivity contribution in [3.63, 3.8) is 0 Å². The first-order chi connectivity index (χ1) is 6.50. The van der Waals surface area contributed by atoms with E-state index in [1.165, 1.54) is 6.92 Å². The molecule has 1 heterocycles.